The molecule has 1 heterocycles. The van der Waals surface area contributed by atoms with Crippen LogP contribution in [0.1, 0.15) is 16.1 Å². The molecule has 0 aromatic carbocycles. The van der Waals surface area contributed by atoms with Gasteiger partial charge < -0.3 is 5.32 Å². The van der Waals surface area contributed by atoms with E-state index in [-0.39, 0.29) is 0 Å². The molecule has 2 radical (unpaired) electrons. The summed E-state index contributed by atoms with van der Waals surface area (Å²) in [5.74, 6) is 0.566. The number of hydrogen-bond donors (Lipinski definition) is 1. The van der Waals surface area contributed by atoms with Crippen LogP contribution in [0.25, 0.3) is 0 Å². The van der Waals surface area contributed by atoms with Crippen molar-refractivity contribution in [2.75, 3.05) is 12.4 Å². The van der Waals surface area contributed by atoms with E-state index in [4.69, 9.17) is 7.85 Å². The highest BCUT2D eigenvalue weighted by Gasteiger charge is 2.03. The molecule has 1 aromatic rings. The van der Waals surface area contributed by atoms with E-state index in [0.717, 1.165) is 12.0 Å². The number of aromatic nitrogens is 1. The van der Waals surface area contributed by atoms with Gasteiger partial charge in [0.2, 0.25) is 0 Å². The number of carbonyl (C=O) groups is 1. The van der Waals surface area contributed by atoms with Gasteiger partial charge in [-0.15, -0.1) is 0 Å². The highest BCUT2D eigenvalue weighted by Crippen LogP contribution is 2.07. The number of pyridine rings is 1. The van der Waals surface area contributed by atoms with Gasteiger partial charge in [0, 0.05) is 12.7 Å². The zero-order valence-electron chi connectivity index (χ0n) is 7.09. The van der Waals surface area contributed by atoms with Gasteiger partial charge in [-0.1, -0.05) is 11.5 Å². The predicted molar refractivity (Wildman–Crippen MR) is 49.3 cm³/mol. The lowest BCUT2D eigenvalue weighted by molar-refractivity contribution is 0.112. The van der Waals surface area contributed by atoms with Crippen LogP contribution < -0.4 is 10.8 Å². The predicted octanol–water partition coefficient (Wildman–Crippen LogP) is 0.0380. The molecule has 1 N–H and O–H groups in total. The number of anilines is 1. The topological polar surface area (TPSA) is 42.0 Å². The number of aryl methyl sites for hydroxylation is 1. The Bertz CT molecular complexity index is 312. The number of nitrogens with one attached hydrogen (secondary N) is 1. The number of hydrogen-bond acceptors (Lipinski definition) is 3. The van der Waals surface area contributed by atoms with Crippen LogP contribution in [0, 0.1) is 6.92 Å². The fourth-order valence-electron chi connectivity index (χ4n) is 0.927. The van der Waals surface area contributed by atoms with Crippen LogP contribution in [0.3, 0.4) is 0 Å². The molecule has 60 valence electrons. The monoisotopic (exact) mass is 160 g/mol. The molecule has 0 saturated heterocycles. The first kappa shape index (κ1) is 8.78. The first-order chi connectivity index (χ1) is 5.69. The van der Waals surface area contributed by atoms with Gasteiger partial charge in [-0.25, -0.2) is 4.98 Å². The van der Waals surface area contributed by atoms with E-state index in [1.165, 1.54) is 0 Å². The van der Waals surface area contributed by atoms with Crippen molar-refractivity contribution in [2.45, 2.75) is 6.92 Å². The van der Waals surface area contributed by atoms with E-state index in [9.17, 15) is 4.79 Å². The van der Waals surface area contributed by atoms with Crippen molar-refractivity contribution in [3.05, 3.63) is 17.3 Å². The largest absolute Gasteiger partial charge is 0.373 e. The second-order valence-electron chi connectivity index (χ2n) is 2.47. The summed E-state index contributed by atoms with van der Waals surface area (Å²) < 4.78 is 0. The molecule has 0 amide bonds. The maximum Gasteiger partial charge on any atom is 0.153 e. The summed E-state index contributed by atoms with van der Waals surface area (Å²) in [5.41, 5.74) is 1.75. The Kier molecular flexibility index (Phi) is 2.48. The lowest BCUT2D eigenvalue weighted by Gasteiger charge is -2.06. The molecule has 0 saturated carbocycles. The highest BCUT2D eigenvalue weighted by molar-refractivity contribution is 6.33. The molecule has 3 nitrogen and oxygen atoms in total. The van der Waals surface area contributed by atoms with E-state index < -0.39 is 0 Å². The molecular formula is C8H9BN2O. The van der Waals surface area contributed by atoms with Gasteiger partial charge in [0.05, 0.1) is 5.56 Å². The lowest BCUT2D eigenvalue weighted by Crippen LogP contribution is -2.13. The molecule has 0 aliphatic carbocycles. The van der Waals surface area contributed by atoms with Gasteiger partial charge in [0.1, 0.15) is 13.7 Å². The van der Waals surface area contributed by atoms with Crippen LogP contribution in [0.5, 0.6) is 0 Å². The molecule has 0 fully saturated rings. The normalized spacial score (nSPS) is 9.50. The van der Waals surface area contributed by atoms with E-state index in [0.29, 0.717) is 16.8 Å². The van der Waals surface area contributed by atoms with E-state index in [2.05, 4.69) is 10.3 Å². The second-order valence-corrected chi connectivity index (χ2v) is 2.47. The van der Waals surface area contributed by atoms with E-state index in [1.807, 2.05) is 0 Å². The van der Waals surface area contributed by atoms with Crippen LogP contribution in [0.2, 0.25) is 0 Å². The van der Waals surface area contributed by atoms with Crippen LogP contribution in [0.15, 0.2) is 6.07 Å². The Hall–Kier alpha value is -1.32. The van der Waals surface area contributed by atoms with Crippen LogP contribution in [-0.2, 0) is 0 Å². The zero-order chi connectivity index (χ0) is 9.14. The summed E-state index contributed by atoms with van der Waals surface area (Å²) in [6.45, 7) is 1.80. The molecule has 0 unspecified atom stereocenters. The molecule has 0 aliphatic rings. The molecule has 4 heteroatoms. The first-order valence-corrected chi connectivity index (χ1v) is 3.59. The van der Waals surface area contributed by atoms with Gasteiger partial charge in [-0.05, 0) is 6.92 Å². The fourth-order valence-corrected chi connectivity index (χ4v) is 0.927. The number of rotatable bonds is 2. The summed E-state index contributed by atoms with van der Waals surface area (Å²) in [4.78, 5) is 14.6. The number of carbonyl (C=O) groups excluding carboxylic acids is 1. The van der Waals surface area contributed by atoms with Gasteiger partial charge in [-0.2, -0.15) is 0 Å². The second kappa shape index (κ2) is 3.39. The van der Waals surface area contributed by atoms with Crippen molar-refractivity contribution in [1.29, 1.82) is 0 Å². The van der Waals surface area contributed by atoms with Crippen molar-refractivity contribution in [3.8, 4) is 0 Å². The lowest BCUT2D eigenvalue weighted by atomic mass is 9.93. The smallest absolute Gasteiger partial charge is 0.153 e. The Balaban J connectivity index is 3.28. The summed E-state index contributed by atoms with van der Waals surface area (Å²) in [5, 5.41) is 2.82. The fraction of sp³-hybridized carbons (Fsp3) is 0.250. The van der Waals surface area contributed by atoms with Gasteiger partial charge in [0.15, 0.2) is 6.29 Å². The SMILES string of the molecule is [B]c1cc(C=O)c(NC)nc1C. The molecule has 1 aromatic heterocycles. The number of nitrogens with zero attached hydrogens (tertiary/aromatic N) is 1. The zero-order valence-corrected chi connectivity index (χ0v) is 7.09. The van der Waals surface area contributed by atoms with Gasteiger partial charge in [-0.3, -0.25) is 4.79 Å². The summed E-state index contributed by atoms with van der Waals surface area (Å²) in [6.07, 6.45) is 0.731. The summed E-state index contributed by atoms with van der Waals surface area (Å²) in [6, 6.07) is 1.61. The maximum atomic E-state index is 10.5. The quantitative estimate of drug-likeness (QED) is 0.490. The van der Waals surface area contributed by atoms with Crippen molar-refractivity contribution in [1.82, 2.24) is 4.98 Å². The molecule has 0 spiro atoms. The van der Waals surface area contributed by atoms with Gasteiger partial charge in [0.25, 0.3) is 0 Å². The van der Waals surface area contributed by atoms with Crippen molar-refractivity contribution in [2.24, 2.45) is 0 Å². The summed E-state index contributed by atoms with van der Waals surface area (Å²) in [7, 11) is 7.28. The van der Waals surface area contributed by atoms with Crippen molar-refractivity contribution in [3.63, 3.8) is 0 Å². The van der Waals surface area contributed by atoms with Crippen LogP contribution in [-0.4, -0.2) is 26.2 Å². The average molecular weight is 160 g/mol. The van der Waals surface area contributed by atoms with Gasteiger partial charge >= 0.3 is 0 Å². The third-order valence-electron chi connectivity index (χ3n) is 1.65. The summed E-state index contributed by atoms with van der Waals surface area (Å²) >= 11 is 0. The van der Waals surface area contributed by atoms with E-state index in [1.54, 1.807) is 20.0 Å². The third-order valence-corrected chi connectivity index (χ3v) is 1.65. The molecular weight excluding hydrogens is 151 g/mol. The maximum absolute atomic E-state index is 10.5. The Morgan fingerprint density at radius 2 is 2.33 bits per heavy atom. The number of aldehydes is 1. The van der Waals surface area contributed by atoms with Crippen LogP contribution >= 0.6 is 0 Å². The molecule has 12 heavy (non-hydrogen) atoms. The Labute approximate surface area is 72.6 Å². The molecule has 0 aliphatic heterocycles. The minimum absolute atomic E-state index is 0.487. The minimum Gasteiger partial charge on any atom is -0.373 e. The average Bonchev–Trinajstić information content (AvgIpc) is 2.09. The van der Waals surface area contributed by atoms with Crippen LogP contribution in [0.4, 0.5) is 5.82 Å². The standard InChI is InChI=1S/C8H9BN2O/c1-5-7(9)3-6(4-12)8(10-2)11-5/h3-4H,1-2H3,(H,10,11). The Morgan fingerprint density at radius 3 is 2.83 bits per heavy atom. The molecule has 1 rings (SSSR count). The Morgan fingerprint density at radius 1 is 1.67 bits per heavy atom. The third kappa shape index (κ3) is 1.47. The first-order valence-electron chi connectivity index (χ1n) is 3.59. The highest BCUT2D eigenvalue weighted by atomic mass is 16.1. The minimum atomic E-state index is 0.487. The molecule has 0 bridgehead atoms. The molecule has 0 atom stereocenters. The van der Waals surface area contributed by atoms with E-state index >= 15 is 0 Å². The van der Waals surface area contributed by atoms with Crippen molar-refractivity contribution < 1.29 is 4.79 Å². The van der Waals surface area contributed by atoms with Crippen molar-refractivity contribution >= 4 is 25.4 Å².